The summed E-state index contributed by atoms with van der Waals surface area (Å²) in [5, 5.41) is 25.1. The van der Waals surface area contributed by atoms with Crippen molar-refractivity contribution < 1.29 is 19.7 Å². The monoisotopic (exact) mass is 475 g/mol. The minimum Gasteiger partial charge on any atom is -0.392 e. The molecule has 3 aromatic rings. The van der Waals surface area contributed by atoms with Crippen LogP contribution in [0, 0.1) is 0 Å². The van der Waals surface area contributed by atoms with Gasteiger partial charge >= 0.3 is 0 Å². The average molecular weight is 476 g/mol. The number of benzene rings is 2. The van der Waals surface area contributed by atoms with E-state index in [1.54, 1.807) is 0 Å². The number of nitrogens with zero attached hydrogens (tertiary/aromatic N) is 3. The Labute approximate surface area is 203 Å². The molecule has 2 aliphatic heterocycles. The van der Waals surface area contributed by atoms with E-state index in [1.807, 2.05) is 54.6 Å². The number of hydrogen-bond donors (Lipinski definition) is 4. The second kappa shape index (κ2) is 10.5. The van der Waals surface area contributed by atoms with Crippen LogP contribution in [0.1, 0.15) is 12.0 Å². The van der Waals surface area contributed by atoms with Crippen molar-refractivity contribution in [2.75, 3.05) is 43.1 Å². The van der Waals surface area contributed by atoms with Crippen LogP contribution >= 0.6 is 0 Å². The standard InChI is InChI=1S/C26H29N5O4/c32-16-17-2-1-3-19(12-17)25-29-22(14-24(30-25)31-8-10-35-11-9-31)18-4-6-20(7-5-18)28-26(34)23-13-21(33)15-27-23/h1-7,12,14,21,23,27,32-33H,8-11,13,15-16H2,(H,28,34)/t21?,23-/m1/s1. The van der Waals surface area contributed by atoms with Crippen molar-refractivity contribution >= 4 is 17.4 Å². The van der Waals surface area contributed by atoms with Gasteiger partial charge in [-0.05, 0) is 30.2 Å². The first-order valence-electron chi connectivity index (χ1n) is 11.8. The predicted molar refractivity (Wildman–Crippen MR) is 133 cm³/mol. The van der Waals surface area contributed by atoms with E-state index < -0.39 is 6.10 Å². The molecule has 4 N–H and O–H groups in total. The highest BCUT2D eigenvalue weighted by Gasteiger charge is 2.28. The van der Waals surface area contributed by atoms with Crippen molar-refractivity contribution in [2.24, 2.45) is 0 Å². The molecule has 35 heavy (non-hydrogen) atoms. The summed E-state index contributed by atoms with van der Waals surface area (Å²) in [6.45, 7) is 3.18. The summed E-state index contributed by atoms with van der Waals surface area (Å²) < 4.78 is 5.50. The van der Waals surface area contributed by atoms with Gasteiger partial charge < -0.3 is 30.5 Å². The number of aliphatic hydroxyl groups excluding tert-OH is 2. The van der Waals surface area contributed by atoms with E-state index in [-0.39, 0.29) is 18.6 Å². The molecule has 9 nitrogen and oxygen atoms in total. The summed E-state index contributed by atoms with van der Waals surface area (Å²) in [5.41, 5.74) is 3.98. The van der Waals surface area contributed by atoms with E-state index in [1.165, 1.54) is 0 Å². The highest BCUT2D eigenvalue weighted by Crippen LogP contribution is 2.28. The van der Waals surface area contributed by atoms with Gasteiger partial charge in [-0.1, -0.05) is 30.3 Å². The summed E-state index contributed by atoms with van der Waals surface area (Å²) in [4.78, 5) is 24.3. The van der Waals surface area contributed by atoms with Gasteiger partial charge in [-0.3, -0.25) is 4.79 Å². The Bertz CT molecular complexity index is 1180. The third-order valence-corrected chi connectivity index (χ3v) is 6.29. The predicted octanol–water partition coefficient (Wildman–Crippen LogP) is 1.80. The van der Waals surface area contributed by atoms with Crippen LogP contribution in [-0.4, -0.2) is 71.1 Å². The Balaban J connectivity index is 1.43. The van der Waals surface area contributed by atoms with Crippen LogP contribution in [0.4, 0.5) is 11.5 Å². The molecule has 0 saturated carbocycles. The zero-order chi connectivity index (χ0) is 24.2. The van der Waals surface area contributed by atoms with Gasteiger partial charge in [0.2, 0.25) is 5.91 Å². The van der Waals surface area contributed by atoms with E-state index in [9.17, 15) is 15.0 Å². The lowest BCUT2D eigenvalue weighted by Crippen LogP contribution is -2.36. The highest BCUT2D eigenvalue weighted by atomic mass is 16.5. The van der Waals surface area contributed by atoms with Gasteiger partial charge in [0.05, 0.1) is 37.7 Å². The van der Waals surface area contributed by atoms with Gasteiger partial charge in [0, 0.05) is 42.5 Å². The zero-order valence-electron chi connectivity index (χ0n) is 19.4. The maximum absolute atomic E-state index is 12.4. The summed E-state index contributed by atoms with van der Waals surface area (Å²) in [5.74, 6) is 1.26. The smallest absolute Gasteiger partial charge is 0.241 e. The number of rotatable bonds is 6. The molecular formula is C26H29N5O4. The Morgan fingerprint density at radius 3 is 2.60 bits per heavy atom. The first-order chi connectivity index (χ1) is 17.1. The fraction of sp³-hybridized carbons (Fsp3) is 0.346. The number of carbonyl (C=O) groups excluding carboxylic acids is 1. The molecule has 2 atom stereocenters. The Morgan fingerprint density at radius 1 is 1.09 bits per heavy atom. The minimum absolute atomic E-state index is 0.0492. The number of nitrogens with one attached hydrogen (secondary N) is 2. The molecular weight excluding hydrogens is 446 g/mol. The number of amides is 1. The Morgan fingerprint density at radius 2 is 1.89 bits per heavy atom. The van der Waals surface area contributed by atoms with E-state index in [0.29, 0.717) is 37.7 Å². The first-order valence-corrected chi connectivity index (χ1v) is 11.8. The largest absolute Gasteiger partial charge is 0.392 e. The number of aliphatic hydroxyl groups is 2. The molecule has 0 spiro atoms. The second-order valence-corrected chi connectivity index (χ2v) is 8.81. The van der Waals surface area contributed by atoms with Gasteiger partial charge in [0.15, 0.2) is 5.82 Å². The Hall–Kier alpha value is -3.37. The van der Waals surface area contributed by atoms with E-state index in [2.05, 4.69) is 15.5 Å². The fourth-order valence-electron chi connectivity index (χ4n) is 4.35. The van der Waals surface area contributed by atoms with E-state index >= 15 is 0 Å². The third-order valence-electron chi connectivity index (χ3n) is 6.29. The average Bonchev–Trinajstić information content (AvgIpc) is 3.36. The molecule has 0 bridgehead atoms. The zero-order valence-corrected chi connectivity index (χ0v) is 19.4. The maximum Gasteiger partial charge on any atom is 0.241 e. The van der Waals surface area contributed by atoms with Gasteiger partial charge in [-0.25, -0.2) is 9.97 Å². The van der Waals surface area contributed by atoms with Gasteiger partial charge in [0.1, 0.15) is 5.82 Å². The van der Waals surface area contributed by atoms with Crippen molar-refractivity contribution in [3.8, 4) is 22.6 Å². The van der Waals surface area contributed by atoms with Crippen molar-refractivity contribution in [2.45, 2.75) is 25.2 Å². The maximum atomic E-state index is 12.4. The molecule has 0 radical (unpaired) electrons. The summed E-state index contributed by atoms with van der Waals surface area (Å²) in [6.07, 6.45) is -0.0751. The second-order valence-electron chi connectivity index (χ2n) is 8.81. The highest BCUT2D eigenvalue weighted by molar-refractivity contribution is 5.95. The topological polar surface area (TPSA) is 120 Å². The number of anilines is 2. The molecule has 5 rings (SSSR count). The molecule has 3 heterocycles. The lowest BCUT2D eigenvalue weighted by molar-refractivity contribution is -0.117. The van der Waals surface area contributed by atoms with Crippen LogP contribution in [0.3, 0.4) is 0 Å². The van der Waals surface area contributed by atoms with Crippen LogP contribution in [0.2, 0.25) is 0 Å². The molecule has 1 aromatic heterocycles. The lowest BCUT2D eigenvalue weighted by Gasteiger charge is -2.28. The number of morpholine rings is 1. The normalized spacial score (nSPS) is 20.1. The van der Waals surface area contributed by atoms with Crippen molar-refractivity contribution in [3.05, 3.63) is 60.2 Å². The summed E-state index contributed by atoms with van der Waals surface area (Å²) >= 11 is 0. The first kappa shape index (κ1) is 23.4. The molecule has 2 saturated heterocycles. The Kier molecular flexibility index (Phi) is 7.01. The molecule has 2 fully saturated rings. The summed E-state index contributed by atoms with van der Waals surface area (Å²) in [6, 6.07) is 16.7. The molecule has 182 valence electrons. The number of ether oxygens (including phenoxy) is 1. The molecule has 9 heteroatoms. The molecule has 1 amide bonds. The minimum atomic E-state index is -0.487. The van der Waals surface area contributed by atoms with Gasteiger partial charge in [-0.15, -0.1) is 0 Å². The quantitative estimate of drug-likeness (QED) is 0.426. The number of β-amino-alcohol motifs (C(OH)–C–C–N with tert-alkyl or cyclic N) is 1. The van der Waals surface area contributed by atoms with Crippen molar-refractivity contribution in [1.82, 2.24) is 15.3 Å². The van der Waals surface area contributed by atoms with Crippen LogP contribution < -0.4 is 15.5 Å². The van der Waals surface area contributed by atoms with Crippen LogP contribution in [0.15, 0.2) is 54.6 Å². The molecule has 0 aliphatic carbocycles. The van der Waals surface area contributed by atoms with E-state index in [0.717, 1.165) is 41.3 Å². The lowest BCUT2D eigenvalue weighted by atomic mass is 10.1. The van der Waals surface area contributed by atoms with Crippen molar-refractivity contribution in [3.63, 3.8) is 0 Å². The van der Waals surface area contributed by atoms with Gasteiger partial charge in [-0.2, -0.15) is 0 Å². The SMILES string of the molecule is O=C(Nc1ccc(-c2cc(N3CCOCC3)nc(-c3cccc(CO)c3)n2)cc1)[C@H]1CC(O)CN1. The molecule has 1 unspecified atom stereocenters. The van der Waals surface area contributed by atoms with Crippen LogP contribution in [0.5, 0.6) is 0 Å². The molecule has 2 aromatic carbocycles. The number of carbonyl (C=O) groups is 1. The summed E-state index contributed by atoms with van der Waals surface area (Å²) in [7, 11) is 0. The van der Waals surface area contributed by atoms with Gasteiger partial charge in [0.25, 0.3) is 0 Å². The number of aromatic nitrogens is 2. The van der Waals surface area contributed by atoms with Crippen LogP contribution in [0.25, 0.3) is 22.6 Å². The van der Waals surface area contributed by atoms with Crippen LogP contribution in [-0.2, 0) is 16.1 Å². The molecule has 2 aliphatic rings. The third kappa shape index (κ3) is 5.49. The number of hydrogen-bond acceptors (Lipinski definition) is 8. The van der Waals surface area contributed by atoms with E-state index in [4.69, 9.17) is 14.7 Å². The van der Waals surface area contributed by atoms with Crippen molar-refractivity contribution in [1.29, 1.82) is 0 Å². The fourth-order valence-corrected chi connectivity index (χ4v) is 4.35.